The normalized spacial score (nSPS) is 25.8. The van der Waals surface area contributed by atoms with Gasteiger partial charge in [-0.1, -0.05) is 30.3 Å². The molecule has 1 aromatic rings. The lowest BCUT2D eigenvalue weighted by Crippen LogP contribution is -2.42. The zero-order valence-electron chi connectivity index (χ0n) is 14.1. The third-order valence-corrected chi connectivity index (χ3v) is 5.71. The van der Waals surface area contributed by atoms with Gasteiger partial charge in [-0.05, 0) is 56.8 Å². The van der Waals surface area contributed by atoms with Gasteiger partial charge < -0.3 is 14.5 Å². The fourth-order valence-electron chi connectivity index (χ4n) is 4.30. The van der Waals surface area contributed by atoms with E-state index in [1.54, 1.807) is 0 Å². The van der Waals surface area contributed by atoms with Gasteiger partial charge in [0.25, 0.3) is 0 Å². The zero-order valence-corrected chi connectivity index (χ0v) is 14.1. The molecule has 0 N–H and O–H groups in total. The number of hydrogen-bond donors (Lipinski definition) is 0. The van der Waals surface area contributed by atoms with Crippen LogP contribution in [0.2, 0.25) is 0 Å². The molecule has 0 bridgehead atoms. The number of ether oxygens (including phenoxy) is 1. The van der Waals surface area contributed by atoms with Gasteiger partial charge in [-0.2, -0.15) is 0 Å². The van der Waals surface area contributed by atoms with Gasteiger partial charge in [0.15, 0.2) is 0 Å². The lowest BCUT2D eigenvalue weighted by molar-refractivity contribution is 0.110. The molecule has 2 aliphatic heterocycles. The number of rotatable bonds is 5. The predicted molar refractivity (Wildman–Crippen MR) is 91.2 cm³/mol. The van der Waals surface area contributed by atoms with Crippen molar-refractivity contribution in [2.75, 3.05) is 46.9 Å². The molecule has 2 aliphatic rings. The average molecular weight is 302 g/mol. The monoisotopic (exact) mass is 302 g/mol. The van der Waals surface area contributed by atoms with Crippen LogP contribution in [0.4, 0.5) is 0 Å². The largest absolute Gasteiger partial charge is 0.383 e. The summed E-state index contributed by atoms with van der Waals surface area (Å²) in [5, 5.41) is 0. The Hall–Kier alpha value is -0.900. The molecule has 3 heteroatoms. The lowest BCUT2D eigenvalue weighted by atomic mass is 9.76. The Balaban J connectivity index is 1.46. The van der Waals surface area contributed by atoms with E-state index in [1.807, 2.05) is 7.11 Å². The van der Waals surface area contributed by atoms with E-state index in [1.165, 1.54) is 57.4 Å². The summed E-state index contributed by atoms with van der Waals surface area (Å²) in [6.45, 7) is 5.88. The second kappa shape index (κ2) is 7.12. The number of piperidine rings is 1. The molecule has 2 fully saturated rings. The van der Waals surface area contributed by atoms with Gasteiger partial charge in [-0.3, -0.25) is 0 Å². The lowest BCUT2D eigenvalue weighted by Gasteiger charge is -2.39. The minimum absolute atomic E-state index is 0.557. The fraction of sp³-hybridized carbons (Fsp3) is 0.684. The molecule has 0 radical (unpaired) electrons. The van der Waals surface area contributed by atoms with Crippen LogP contribution in [0, 0.1) is 5.41 Å². The molecule has 3 nitrogen and oxygen atoms in total. The van der Waals surface area contributed by atoms with Gasteiger partial charge >= 0.3 is 0 Å². The van der Waals surface area contributed by atoms with E-state index < -0.39 is 0 Å². The first-order chi connectivity index (χ1) is 10.7. The minimum atomic E-state index is 0.557. The van der Waals surface area contributed by atoms with Crippen molar-refractivity contribution in [2.45, 2.75) is 31.7 Å². The maximum atomic E-state index is 5.39. The SMILES string of the molecule is COC[C@@H]1CC2(CCN(CCc3ccccc3)CC2)CN1C. The molecule has 1 aromatic carbocycles. The number of nitrogens with zero attached hydrogens (tertiary/aromatic N) is 2. The van der Waals surface area contributed by atoms with Crippen molar-refractivity contribution >= 4 is 0 Å². The molecule has 1 spiro atoms. The number of methoxy groups -OCH3 is 1. The van der Waals surface area contributed by atoms with Crippen LogP contribution in [0.3, 0.4) is 0 Å². The van der Waals surface area contributed by atoms with Crippen LogP contribution in [0.25, 0.3) is 0 Å². The van der Waals surface area contributed by atoms with E-state index in [0.717, 1.165) is 6.61 Å². The topological polar surface area (TPSA) is 15.7 Å². The van der Waals surface area contributed by atoms with E-state index in [2.05, 4.69) is 47.2 Å². The molecule has 2 saturated heterocycles. The summed E-state index contributed by atoms with van der Waals surface area (Å²) in [5.41, 5.74) is 2.02. The van der Waals surface area contributed by atoms with Crippen molar-refractivity contribution in [3.05, 3.63) is 35.9 Å². The summed E-state index contributed by atoms with van der Waals surface area (Å²) < 4.78 is 5.39. The van der Waals surface area contributed by atoms with E-state index in [4.69, 9.17) is 4.74 Å². The molecule has 0 unspecified atom stereocenters. The highest BCUT2D eigenvalue weighted by atomic mass is 16.5. The highest BCUT2D eigenvalue weighted by molar-refractivity contribution is 5.15. The van der Waals surface area contributed by atoms with Gasteiger partial charge in [0, 0.05) is 26.2 Å². The van der Waals surface area contributed by atoms with E-state index >= 15 is 0 Å². The summed E-state index contributed by atoms with van der Waals surface area (Å²) in [6.07, 6.45) is 5.21. The molecular formula is C19H30N2O. The van der Waals surface area contributed by atoms with Crippen LogP contribution in [-0.2, 0) is 11.2 Å². The standard InChI is InChI=1S/C19H30N2O/c1-20-16-19(14-18(20)15-22-2)9-12-21(13-10-19)11-8-17-6-4-3-5-7-17/h3-7,18H,8-16H2,1-2H3/t18-/m0/s1. The van der Waals surface area contributed by atoms with Crippen molar-refractivity contribution < 1.29 is 4.74 Å². The van der Waals surface area contributed by atoms with Crippen LogP contribution in [-0.4, -0.2) is 62.8 Å². The summed E-state index contributed by atoms with van der Waals surface area (Å²) in [7, 11) is 4.09. The van der Waals surface area contributed by atoms with Gasteiger partial charge in [0.1, 0.15) is 0 Å². The second-order valence-corrected chi connectivity index (χ2v) is 7.31. The number of benzene rings is 1. The molecule has 0 amide bonds. The highest BCUT2D eigenvalue weighted by Gasteiger charge is 2.43. The van der Waals surface area contributed by atoms with Crippen molar-refractivity contribution in [1.29, 1.82) is 0 Å². The zero-order chi connectivity index (χ0) is 15.4. The van der Waals surface area contributed by atoms with Crippen molar-refractivity contribution in [1.82, 2.24) is 9.80 Å². The summed E-state index contributed by atoms with van der Waals surface area (Å²) in [4.78, 5) is 5.17. The van der Waals surface area contributed by atoms with Crippen molar-refractivity contribution in [2.24, 2.45) is 5.41 Å². The molecule has 3 rings (SSSR count). The Morgan fingerprint density at radius 3 is 2.59 bits per heavy atom. The Bertz CT molecular complexity index is 454. The maximum Gasteiger partial charge on any atom is 0.0618 e. The second-order valence-electron chi connectivity index (χ2n) is 7.31. The van der Waals surface area contributed by atoms with Gasteiger partial charge in [0.2, 0.25) is 0 Å². The Kier molecular flexibility index (Phi) is 5.17. The average Bonchev–Trinajstić information content (AvgIpc) is 2.84. The first-order valence-corrected chi connectivity index (χ1v) is 8.66. The maximum absolute atomic E-state index is 5.39. The van der Waals surface area contributed by atoms with Crippen LogP contribution >= 0.6 is 0 Å². The quantitative estimate of drug-likeness (QED) is 0.832. The summed E-state index contributed by atoms with van der Waals surface area (Å²) in [6, 6.07) is 11.5. The van der Waals surface area contributed by atoms with E-state index in [9.17, 15) is 0 Å². The van der Waals surface area contributed by atoms with Crippen LogP contribution < -0.4 is 0 Å². The molecular weight excluding hydrogens is 272 g/mol. The number of likely N-dealkylation sites (tertiary alicyclic amines) is 2. The molecule has 122 valence electrons. The molecule has 1 atom stereocenters. The molecule has 0 aromatic heterocycles. The minimum Gasteiger partial charge on any atom is -0.383 e. The summed E-state index contributed by atoms with van der Waals surface area (Å²) in [5.74, 6) is 0. The Morgan fingerprint density at radius 2 is 1.91 bits per heavy atom. The smallest absolute Gasteiger partial charge is 0.0618 e. The number of hydrogen-bond acceptors (Lipinski definition) is 3. The third kappa shape index (κ3) is 3.70. The molecule has 0 saturated carbocycles. The van der Waals surface area contributed by atoms with Gasteiger partial charge in [-0.15, -0.1) is 0 Å². The first kappa shape index (κ1) is 16.0. The number of likely N-dealkylation sites (N-methyl/N-ethyl adjacent to an activating group) is 1. The molecule has 22 heavy (non-hydrogen) atoms. The fourth-order valence-corrected chi connectivity index (χ4v) is 4.30. The molecule has 2 heterocycles. The van der Waals surface area contributed by atoms with E-state index in [0.29, 0.717) is 11.5 Å². The third-order valence-electron chi connectivity index (χ3n) is 5.71. The van der Waals surface area contributed by atoms with Crippen LogP contribution in [0.15, 0.2) is 30.3 Å². The van der Waals surface area contributed by atoms with Crippen molar-refractivity contribution in [3.8, 4) is 0 Å². The first-order valence-electron chi connectivity index (χ1n) is 8.66. The summed E-state index contributed by atoms with van der Waals surface area (Å²) >= 11 is 0. The molecule has 0 aliphatic carbocycles. The van der Waals surface area contributed by atoms with Crippen LogP contribution in [0.1, 0.15) is 24.8 Å². The highest BCUT2D eigenvalue weighted by Crippen LogP contribution is 2.42. The Morgan fingerprint density at radius 1 is 1.18 bits per heavy atom. The van der Waals surface area contributed by atoms with Crippen molar-refractivity contribution in [3.63, 3.8) is 0 Å². The van der Waals surface area contributed by atoms with Gasteiger partial charge in [-0.25, -0.2) is 0 Å². The van der Waals surface area contributed by atoms with Gasteiger partial charge in [0.05, 0.1) is 6.61 Å². The van der Waals surface area contributed by atoms with Crippen LogP contribution in [0.5, 0.6) is 0 Å². The Labute approximate surface area is 135 Å². The van der Waals surface area contributed by atoms with E-state index in [-0.39, 0.29) is 0 Å². The predicted octanol–water partition coefficient (Wildman–Crippen LogP) is 2.66.